The molecule has 2 heterocycles. The Morgan fingerprint density at radius 3 is 2.48 bits per heavy atom. The molecule has 0 spiro atoms. The van der Waals surface area contributed by atoms with Gasteiger partial charge in [0.05, 0.1) is 10.9 Å². The van der Waals surface area contributed by atoms with Crippen LogP contribution in [0.1, 0.15) is 10.4 Å². The molecule has 29 heavy (non-hydrogen) atoms. The van der Waals surface area contributed by atoms with E-state index in [9.17, 15) is 22.8 Å². The van der Waals surface area contributed by atoms with E-state index in [1.807, 2.05) is 0 Å². The summed E-state index contributed by atoms with van der Waals surface area (Å²) in [5.41, 5.74) is -1.20. The number of hydrogen-bond donors (Lipinski definition) is 2. The van der Waals surface area contributed by atoms with E-state index in [1.165, 1.54) is 37.5 Å². The molecular weight excluding hydrogens is 385 g/mol. The van der Waals surface area contributed by atoms with Gasteiger partial charge in [0, 0.05) is 24.4 Å². The number of nitrogens with one attached hydrogen (secondary N) is 2. The Bertz CT molecular complexity index is 1310. The minimum absolute atomic E-state index is 0.0666. The van der Waals surface area contributed by atoms with Crippen LogP contribution in [0.2, 0.25) is 0 Å². The van der Waals surface area contributed by atoms with Crippen LogP contribution in [-0.2, 0) is 0 Å². The number of pyridine rings is 1. The topological polar surface area (TPSA) is 79.8 Å². The van der Waals surface area contributed by atoms with Gasteiger partial charge in [-0.3, -0.25) is 9.59 Å². The SMILES string of the molecule is CNC(=O)c1ccc(F)c(-c2nn(-c3c(F)cccc3F)c3cc[nH]c(=O)c23)c1. The highest BCUT2D eigenvalue weighted by molar-refractivity contribution is 5.98. The molecule has 0 radical (unpaired) electrons. The summed E-state index contributed by atoms with van der Waals surface area (Å²) >= 11 is 0. The standard InChI is InChI=1S/C20H13F3N4O2/c1-24-19(28)10-5-6-12(21)11(9-10)17-16-15(7-8-25-20(16)29)27(26-17)18-13(22)3-2-4-14(18)23/h2-9H,1H3,(H,24,28)(H,25,29). The average Bonchev–Trinajstić information content (AvgIpc) is 3.08. The van der Waals surface area contributed by atoms with E-state index in [4.69, 9.17) is 0 Å². The Morgan fingerprint density at radius 1 is 1.07 bits per heavy atom. The van der Waals surface area contributed by atoms with Gasteiger partial charge in [0.1, 0.15) is 17.2 Å². The highest BCUT2D eigenvalue weighted by atomic mass is 19.1. The summed E-state index contributed by atoms with van der Waals surface area (Å²) in [6, 6.07) is 8.25. The van der Waals surface area contributed by atoms with E-state index >= 15 is 0 Å². The molecule has 4 rings (SSSR count). The number of benzene rings is 2. The third-order valence-corrected chi connectivity index (χ3v) is 4.46. The molecule has 2 N–H and O–H groups in total. The number of fused-ring (bicyclic) bond motifs is 1. The average molecular weight is 398 g/mol. The van der Waals surface area contributed by atoms with Crippen LogP contribution in [0.25, 0.3) is 27.8 Å². The zero-order valence-corrected chi connectivity index (χ0v) is 15.0. The molecular formula is C20H13F3N4O2. The van der Waals surface area contributed by atoms with Crippen LogP contribution in [0.5, 0.6) is 0 Å². The van der Waals surface area contributed by atoms with Crippen LogP contribution in [0, 0.1) is 17.5 Å². The molecule has 9 heteroatoms. The first-order valence-electron chi connectivity index (χ1n) is 8.49. The summed E-state index contributed by atoms with van der Waals surface area (Å²) in [5, 5.41) is 6.50. The second kappa shape index (κ2) is 6.93. The molecule has 0 aliphatic rings. The second-order valence-corrected chi connectivity index (χ2v) is 6.17. The first kappa shape index (κ1) is 18.5. The lowest BCUT2D eigenvalue weighted by Gasteiger charge is -2.06. The number of H-pyrrole nitrogens is 1. The Morgan fingerprint density at radius 2 is 1.79 bits per heavy atom. The fourth-order valence-electron chi connectivity index (χ4n) is 3.12. The van der Waals surface area contributed by atoms with Gasteiger partial charge in [0.15, 0.2) is 11.6 Å². The summed E-state index contributed by atoms with van der Waals surface area (Å²) in [6.45, 7) is 0. The summed E-state index contributed by atoms with van der Waals surface area (Å²) < 4.78 is 44.2. The fourth-order valence-corrected chi connectivity index (χ4v) is 3.12. The van der Waals surface area contributed by atoms with Crippen molar-refractivity contribution in [1.82, 2.24) is 20.1 Å². The number of rotatable bonds is 3. The maximum Gasteiger partial charge on any atom is 0.259 e. The van der Waals surface area contributed by atoms with Gasteiger partial charge in [-0.1, -0.05) is 6.07 Å². The molecule has 0 saturated heterocycles. The summed E-state index contributed by atoms with van der Waals surface area (Å²) in [7, 11) is 1.42. The Balaban J connectivity index is 2.08. The van der Waals surface area contributed by atoms with Crippen LogP contribution < -0.4 is 10.9 Å². The van der Waals surface area contributed by atoms with E-state index in [0.29, 0.717) is 0 Å². The van der Waals surface area contributed by atoms with E-state index in [2.05, 4.69) is 15.4 Å². The van der Waals surface area contributed by atoms with Gasteiger partial charge in [-0.05, 0) is 36.4 Å². The van der Waals surface area contributed by atoms with Crippen LogP contribution in [0.15, 0.2) is 53.5 Å². The molecule has 0 fully saturated rings. The van der Waals surface area contributed by atoms with Crippen molar-refractivity contribution in [2.75, 3.05) is 7.05 Å². The van der Waals surface area contributed by atoms with Crippen LogP contribution in [0.4, 0.5) is 13.2 Å². The van der Waals surface area contributed by atoms with Crippen molar-refractivity contribution in [3.8, 4) is 16.9 Å². The normalized spacial score (nSPS) is 11.0. The molecule has 1 amide bonds. The highest BCUT2D eigenvalue weighted by Gasteiger charge is 2.23. The number of aromatic amines is 1. The molecule has 0 aliphatic heterocycles. The number of carbonyl (C=O) groups is 1. The zero-order chi connectivity index (χ0) is 20.7. The van der Waals surface area contributed by atoms with E-state index in [-0.39, 0.29) is 27.7 Å². The minimum atomic E-state index is -0.902. The molecule has 0 unspecified atom stereocenters. The highest BCUT2D eigenvalue weighted by Crippen LogP contribution is 2.31. The summed E-state index contributed by atoms with van der Waals surface area (Å²) in [4.78, 5) is 26.9. The molecule has 0 bridgehead atoms. The van der Waals surface area contributed by atoms with Gasteiger partial charge in [0.25, 0.3) is 11.5 Å². The number of amides is 1. The Labute approximate surface area is 161 Å². The second-order valence-electron chi connectivity index (χ2n) is 6.17. The third kappa shape index (κ3) is 2.96. The molecule has 2 aromatic heterocycles. The van der Waals surface area contributed by atoms with Crippen molar-refractivity contribution in [3.05, 3.63) is 82.0 Å². The maximum atomic E-state index is 14.6. The number of nitrogens with zero attached hydrogens (tertiary/aromatic N) is 2. The van der Waals surface area contributed by atoms with Crippen LogP contribution in [0.3, 0.4) is 0 Å². The summed E-state index contributed by atoms with van der Waals surface area (Å²) in [5.74, 6) is -3.02. The van der Waals surface area contributed by atoms with Gasteiger partial charge in [-0.2, -0.15) is 5.10 Å². The lowest BCUT2D eigenvalue weighted by Crippen LogP contribution is -2.17. The van der Waals surface area contributed by atoms with Crippen molar-refractivity contribution >= 4 is 16.8 Å². The predicted octanol–water partition coefficient (Wildman–Crippen LogP) is 3.16. The molecule has 0 atom stereocenters. The zero-order valence-electron chi connectivity index (χ0n) is 15.0. The fraction of sp³-hybridized carbons (Fsp3) is 0.0500. The number of para-hydroxylation sites is 1. The largest absolute Gasteiger partial charge is 0.355 e. The quantitative estimate of drug-likeness (QED) is 0.556. The molecule has 6 nitrogen and oxygen atoms in total. The minimum Gasteiger partial charge on any atom is -0.355 e. The lowest BCUT2D eigenvalue weighted by atomic mass is 10.0. The number of hydrogen-bond acceptors (Lipinski definition) is 3. The third-order valence-electron chi connectivity index (χ3n) is 4.46. The number of carbonyl (C=O) groups excluding carboxylic acids is 1. The Hall–Kier alpha value is -3.88. The van der Waals surface area contributed by atoms with Crippen molar-refractivity contribution < 1.29 is 18.0 Å². The maximum absolute atomic E-state index is 14.6. The predicted molar refractivity (Wildman–Crippen MR) is 100 cm³/mol. The lowest BCUT2D eigenvalue weighted by molar-refractivity contribution is 0.0963. The van der Waals surface area contributed by atoms with Crippen LogP contribution in [-0.4, -0.2) is 27.7 Å². The van der Waals surface area contributed by atoms with Gasteiger partial charge in [0.2, 0.25) is 0 Å². The van der Waals surface area contributed by atoms with Crippen molar-refractivity contribution in [1.29, 1.82) is 0 Å². The Kier molecular flexibility index (Phi) is 4.42. The van der Waals surface area contributed by atoms with E-state index in [1.54, 1.807) is 0 Å². The smallest absolute Gasteiger partial charge is 0.259 e. The van der Waals surface area contributed by atoms with Crippen molar-refractivity contribution in [2.45, 2.75) is 0 Å². The van der Waals surface area contributed by atoms with E-state index in [0.717, 1.165) is 22.9 Å². The number of halogens is 3. The van der Waals surface area contributed by atoms with Gasteiger partial charge >= 0.3 is 0 Å². The molecule has 0 aliphatic carbocycles. The van der Waals surface area contributed by atoms with Gasteiger partial charge < -0.3 is 10.3 Å². The van der Waals surface area contributed by atoms with Gasteiger partial charge in [-0.15, -0.1) is 0 Å². The monoisotopic (exact) mass is 398 g/mol. The van der Waals surface area contributed by atoms with E-state index < -0.39 is 34.6 Å². The van der Waals surface area contributed by atoms with Crippen molar-refractivity contribution in [2.24, 2.45) is 0 Å². The van der Waals surface area contributed by atoms with Crippen molar-refractivity contribution in [3.63, 3.8) is 0 Å². The van der Waals surface area contributed by atoms with Crippen LogP contribution >= 0.6 is 0 Å². The summed E-state index contributed by atoms with van der Waals surface area (Å²) in [6.07, 6.45) is 1.29. The molecule has 0 saturated carbocycles. The molecule has 2 aromatic carbocycles. The first-order chi connectivity index (χ1) is 13.9. The molecule has 146 valence electrons. The molecule has 4 aromatic rings. The first-order valence-corrected chi connectivity index (χ1v) is 8.49. The number of aromatic nitrogens is 3. The van der Waals surface area contributed by atoms with Gasteiger partial charge in [-0.25, -0.2) is 17.9 Å².